The van der Waals surface area contributed by atoms with E-state index in [9.17, 15) is 4.79 Å². The zero-order valence-corrected chi connectivity index (χ0v) is 17.9. The summed E-state index contributed by atoms with van der Waals surface area (Å²) in [5.41, 5.74) is 1.72. The van der Waals surface area contributed by atoms with E-state index in [1.807, 2.05) is 7.05 Å². The van der Waals surface area contributed by atoms with Gasteiger partial charge in [0.2, 0.25) is 0 Å². The molecule has 29 heavy (non-hydrogen) atoms. The molecule has 3 heterocycles. The predicted octanol–water partition coefficient (Wildman–Crippen LogP) is 3.30. The largest absolute Gasteiger partial charge is 0.381 e. The highest BCUT2D eigenvalue weighted by Gasteiger charge is 2.31. The van der Waals surface area contributed by atoms with Crippen LogP contribution >= 0.6 is 0 Å². The summed E-state index contributed by atoms with van der Waals surface area (Å²) in [6.45, 7) is 9.13. The molecule has 2 aliphatic rings. The maximum atomic E-state index is 12.7. The lowest BCUT2D eigenvalue weighted by Crippen LogP contribution is -2.29. The third kappa shape index (κ3) is 4.50. The summed E-state index contributed by atoms with van der Waals surface area (Å²) in [5.74, 6) is 1.56. The van der Waals surface area contributed by atoms with Crippen LogP contribution in [0.15, 0.2) is 18.6 Å². The van der Waals surface area contributed by atoms with Crippen LogP contribution in [-0.2, 0) is 16.7 Å². The van der Waals surface area contributed by atoms with E-state index in [0.717, 1.165) is 57.0 Å². The van der Waals surface area contributed by atoms with Gasteiger partial charge in [-0.15, -0.1) is 0 Å². The molecular weight excluding hydrogens is 366 g/mol. The molecule has 1 saturated carbocycles. The van der Waals surface area contributed by atoms with Crippen molar-refractivity contribution in [2.75, 3.05) is 20.3 Å². The van der Waals surface area contributed by atoms with Crippen LogP contribution in [0.3, 0.4) is 0 Å². The van der Waals surface area contributed by atoms with Gasteiger partial charge in [-0.2, -0.15) is 0 Å². The number of carbonyl (C=O) groups is 1. The monoisotopic (exact) mass is 397 g/mol. The van der Waals surface area contributed by atoms with Gasteiger partial charge in [-0.3, -0.25) is 9.78 Å². The van der Waals surface area contributed by atoms with Crippen LogP contribution in [0.2, 0.25) is 0 Å². The molecule has 0 aromatic carbocycles. The number of hydrogen-bond donors (Lipinski definition) is 0. The molecule has 0 N–H and O–H groups in total. The van der Waals surface area contributed by atoms with E-state index in [2.05, 4.69) is 41.5 Å². The van der Waals surface area contributed by atoms with Crippen molar-refractivity contribution >= 4 is 5.91 Å². The Labute approximate surface area is 172 Å². The van der Waals surface area contributed by atoms with Gasteiger partial charge in [0.1, 0.15) is 22.9 Å². The fourth-order valence-corrected chi connectivity index (χ4v) is 3.88. The minimum atomic E-state index is -0.0868. The van der Waals surface area contributed by atoms with Gasteiger partial charge in [-0.25, -0.2) is 9.97 Å². The highest BCUT2D eigenvalue weighted by Crippen LogP contribution is 2.29. The Morgan fingerprint density at radius 1 is 1.14 bits per heavy atom. The van der Waals surface area contributed by atoms with Gasteiger partial charge in [-0.05, 0) is 31.6 Å². The quantitative estimate of drug-likeness (QED) is 0.774. The molecular formula is C22H31N5O2. The second-order valence-corrected chi connectivity index (χ2v) is 9.34. The van der Waals surface area contributed by atoms with Crippen LogP contribution in [0, 0.1) is 5.92 Å². The van der Waals surface area contributed by atoms with Crippen molar-refractivity contribution in [3.63, 3.8) is 0 Å². The number of nitrogens with zero attached hydrogens (tertiary/aromatic N) is 5. The summed E-state index contributed by atoms with van der Waals surface area (Å²) in [4.78, 5) is 28.3. The van der Waals surface area contributed by atoms with E-state index in [0.29, 0.717) is 23.3 Å². The molecule has 7 nitrogen and oxygen atoms in total. The average molecular weight is 398 g/mol. The van der Waals surface area contributed by atoms with Crippen LogP contribution < -0.4 is 0 Å². The van der Waals surface area contributed by atoms with Crippen molar-refractivity contribution in [3.05, 3.63) is 30.1 Å². The van der Waals surface area contributed by atoms with E-state index < -0.39 is 0 Å². The zero-order chi connectivity index (χ0) is 20.6. The number of carbonyl (C=O) groups excluding carboxylic acids is 1. The van der Waals surface area contributed by atoms with Gasteiger partial charge < -0.3 is 14.2 Å². The Morgan fingerprint density at radius 3 is 2.52 bits per heavy atom. The SMILES string of the molecule is CN(C(=O)c1cncc(-c2cn(CC3CCOCC3)c(C(C)(C)C)n2)n1)C1CC1. The molecule has 2 aromatic rings. The van der Waals surface area contributed by atoms with Gasteiger partial charge in [-0.1, -0.05) is 20.8 Å². The summed E-state index contributed by atoms with van der Waals surface area (Å²) in [6, 6.07) is 0.346. The van der Waals surface area contributed by atoms with E-state index >= 15 is 0 Å². The van der Waals surface area contributed by atoms with Gasteiger partial charge in [0.25, 0.3) is 5.91 Å². The second kappa shape index (κ2) is 7.86. The summed E-state index contributed by atoms with van der Waals surface area (Å²) < 4.78 is 7.77. The zero-order valence-electron chi connectivity index (χ0n) is 17.9. The maximum Gasteiger partial charge on any atom is 0.274 e. The molecule has 0 spiro atoms. The molecule has 1 saturated heterocycles. The molecule has 156 valence electrons. The molecule has 4 rings (SSSR count). The lowest BCUT2D eigenvalue weighted by molar-refractivity contribution is 0.0607. The molecule has 7 heteroatoms. The summed E-state index contributed by atoms with van der Waals surface area (Å²) in [7, 11) is 1.84. The van der Waals surface area contributed by atoms with E-state index in [1.54, 1.807) is 17.3 Å². The highest BCUT2D eigenvalue weighted by atomic mass is 16.5. The maximum absolute atomic E-state index is 12.7. The molecule has 0 atom stereocenters. The lowest BCUT2D eigenvalue weighted by Gasteiger charge is -2.25. The van der Waals surface area contributed by atoms with Crippen LogP contribution in [0.25, 0.3) is 11.4 Å². The number of ether oxygens (including phenoxy) is 1. The first-order chi connectivity index (χ1) is 13.8. The third-order valence-corrected chi connectivity index (χ3v) is 5.77. The Hall–Kier alpha value is -2.28. The van der Waals surface area contributed by atoms with E-state index in [1.165, 1.54) is 0 Å². The third-order valence-electron chi connectivity index (χ3n) is 5.77. The van der Waals surface area contributed by atoms with E-state index in [-0.39, 0.29) is 11.3 Å². The van der Waals surface area contributed by atoms with Crippen molar-refractivity contribution in [1.82, 2.24) is 24.4 Å². The first kappa shape index (κ1) is 20.0. The average Bonchev–Trinajstić information content (AvgIpc) is 3.47. The van der Waals surface area contributed by atoms with Gasteiger partial charge in [0, 0.05) is 44.5 Å². The summed E-state index contributed by atoms with van der Waals surface area (Å²) in [5, 5.41) is 0. The van der Waals surface area contributed by atoms with Gasteiger partial charge in [0.15, 0.2) is 0 Å². The van der Waals surface area contributed by atoms with Crippen LogP contribution in [-0.4, -0.2) is 56.6 Å². The Morgan fingerprint density at radius 2 is 1.86 bits per heavy atom. The number of hydrogen-bond acceptors (Lipinski definition) is 5. The van der Waals surface area contributed by atoms with Crippen molar-refractivity contribution in [1.29, 1.82) is 0 Å². The van der Waals surface area contributed by atoms with Crippen molar-refractivity contribution < 1.29 is 9.53 Å². The van der Waals surface area contributed by atoms with Crippen LogP contribution in [0.4, 0.5) is 0 Å². The highest BCUT2D eigenvalue weighted by molar-refractivity contribution is 5.92. The van der Waals surface area contributed by atoms with Crippen molar-refractivity contribution in [2.24, 2.45) is 5.92 Å². The number of amides is 1. The first-order valence-corrected chi connectivity index (χ1v) is 10.6. The molecule has 2 aromatic heterocycles. The first-order valence-electron chi connectivity index (χ1n) is 10.6. The standard InChI is InChI=1S/C22H31N5O2/c1-22(2,3)21-25-19(14-27(21)13-15-7-9-29-10-8-15)17-11-23-12-18(24-17)20(28)26(4)16-5-6-16/h11-12,14-16H,5-10,13H2,1-4H3. The molecule has 1 aliphatic heterocycles. The van der Waals surface area contributed by atoms with Gasteiger partial charge >= 0.3 is 0 Å². The Kier molecular flexibility index (Phi) is 5.42. The summed E-state index contributed by atoms with van der Waals surface area (Å²) >= 11 is 0. The van der Waals surface area contributed by atoms with Gasteiger partial charge in [0.05, 0.1) is 12.4 Å². The molecule has 0 bridgehead atoms. The minimum absolute atomic E-state index is 0.0699. The number of aromatic nitrogens is 4. The molecule has 0 unspecified atom stereocenters. The Bertz CT molecular complexity index is 876. The second-order valence-electron chi connectivity index (χ2n) is 9.34. The van der Waals surface area contributed by atoms with Crippen LogP contribution in [0.5, 0.6) is 0 Å². The predicted molar refractivity (Wildman–Crippen MR) is 111 cm³/mol. The minimum Gasteiger partial charge on any atom is -0.381 e. The Balaban J connectivity index is 1.62. The fourth-order valence-electron chi connectivity index (χ4n) is 3.88. The summed E-state index contributed by atoms with van der Waals surface area (Å²) in [6.07, 6.45) is 9.61. The molecule has 2 fully saturated rings. The smallest absolute Gasteiger partial charge is 0.274 e. The van der Waals surface area contributed by atoms with Crippen LogP contribution in [0.1, 0.15) is 62.8 Å². The molecule has 0 radical (unpaired) electrons. The number of imidazole rings is 1. The fraction of sp³-hybridized carbons (Fsp3) is 0.636. The van der Waals surface area contributed by atoms with Crippen molar-refractivity contribution in [2.45, 2.75) is 64.5 Å². The van der Waals surface area contributed by atoms with Crippen molar-refractivity contribution in [3.8, 4) is 11.4 Å². The topological polar surface area (TPSA) is 73.1 Å². The van der Waals surface area contributed by atoms with E-state index in [4.69, 9.17) is 9.72 Å². The lowest BCUT2D eigenvalue weighted by atomic mass is 9.94. The molecule has 1 aliphatic carbocycles. The molecule has 1 amide bonds. The normalized spacial score (nSPS) is 18.1. The number of rotatable bonds is 5.